The Morgan fingerprint density at radius 2 is 2.00 bits per heavy atom. The first kappa shape index (κ1) is 12.1. The number of aromatic nitrogens is 1. The molecule has 0 saturated carbocycles. The Labute approximate surface area is 115 Å². The van der Waals surface area contributed by atoms with Gasteiger partial charge in [0, 0.05) is 12.1 Å². The van der Waals surface area contributed by atoms with Crippen LogP contribution in [0.2, 0.25) is 0 Å². The van der Waals surface area contributed by atoms with Crippen molar-refractivity contribution in [2.75, 3.05) is 7.05 Å². The molecule has 0 aliphatic carbocycles. The minimum Gasteiger partial charge on any atom is -0.472 e. The van der Waals surface area contributed by atoms with Crippen molar-refractivity contribution >= 4 is 11.3 Å². The lowest BCUT2D eigenvalue weighted by atomic mass is 10.1. The van der Waals surface area contributed by atoms with Crippen molar-refractivity contribution < 1.29 is 4.42 Å². The topological polar surface area (TPSA) is 38.1 Å². The third-order valence-electron chi connectivity index (χ3n) is 2.85. The molecule has 0 unspecified atom stereocenters. The van der Waals surface area contributed by atoms with Crippen molar-refractivity contribution in [1.29, 1.82) is 0 Å². The summed E-state index contributed by atoms with van der Waals surface area (Å²) in [6.45, 7) is 0.762. The Morgan fingerprint density at radius 1 is 1.16 bits per heavy atom. The van der Waals surface area contributed by atoms with Gasteiger partial charge in [0.25, 0.3) is 0 Å². The zero-order valence-corrected chi connectivity index (χ0v) is 11.4. The number of thiazole rings is 1. The molecule has 0 saturated heterocycles. The highest BCUT2D eigenvalue weighted by atomic mass is 32.1. The van der Waals surface area contributed by atoms with E-state index in [4.69, 9.17) is 9.40 Å². The smallest absolute Gasteiger partial charge is 0.127 e. The van der Waals surface area contributed by atoms with Crippen LogP contribution in [0.1, 0.15) is 5.69 Å². The molecule has 0 radical (unpaired) electrons. The summed E-state index contributed by atoms with van der Waals surface area (Å²) in [6.07, 6.45) is 3.41. The number of furan rings is 1. The molecule has 2 heterocycles. The molecule has 0 fully saturated rings. The quantitative estimate of drug-likeness (QED) is 0.784. The Balaban J connectivity index is 2.08. The molecule has 4 heteroatoms. The lowest BCUT2D eigenvalue weighted by Crippen LogP contribution is -2.06. The van der Waals surface area contributed by atoms with Crippen molar-refractivity contribution in [2.24, 2.45) is 0 Å². The average Bonchev–Trinajstić information content (AvgIpc) is 3.08. The van der Waals surface area contributed by atoms with Crippen LogP contribution in [0.3, 0.4) is 0 Å². The van der Waals surface area contributed by atoms with E-state index in [2.05, 4.69) is 29.6 Å². The Hall–Kier alpha value is -1.91. The average molecular weight is 270 g/mol. The van der Waals surface area contributed by atoms with Gasteiger partial charge in [-0.15, -0.1) is 11.3 Å². The fraction of sp³-hybridized carbons (Fsp3) is 0.133. The minimum atomic E-state index is 0.762. The molecule has 0 atom stereocenters. The maximum atomic E-state index is 5.13. The van der Waals surface area contributed by atoms with E-state index in [1.54, 1.807) is 23.9 Å². The highest BCUT2D eigenvalue weighted by Gasteiger charge is 2.14. The fourth-order valence-corrected chi connectivity index (χ4v) is 3.04. The molecule has 3 nitrogen and oxygen atoms in total. The van der Waals surface area contributed by atoms with Crippen LogP contribution in [0.15, 0.2) is 53.3 Å². The molecule has 1 N–H and O–H groups in total. The number of hydrogen-bond donors (Lipinski definition) is 1. The summed E-state index contributed by atoms with van der Waals surface area (Å²) >= 11 is 1.70. The van der Waals surface area contributed by atoms with Crippen LogP contribution in [0, 0.1) is 0 Å². The molecule has 0 aliphatic rings. The van der Waals surface area contributed by atoms with Crippen LogP contribution in [0.25, 0.3) is 21.0 Å². The van der Waals surface area contributed by atoms with Crippen molar-refractivity contribution in [2.45, 2.75) is 6.54 Å². The molecular weight excluding hydrogens is 256 g/mol. The normalized spacial score (nSPS) is 10.8. The number of benzene rings is 1. The summed E-state index contributed by atoms with van der Waals surface area (Å²) in [7, 11) is 1.94. The second-order valence-electron chi connectivity index (χ2n) is 4.20. The number of nitrogens with zero attached hydrogens (tertiary/aromatic N) is 1. The molecule has 1 aromatic carbocycles. The maximum Gasteiger partial charge on any atom is 0.127 e. The number of hydrogen-bond acceptors (Lipinski definition) is 4. The van der Waals surface area contributed by atoms with Gasteiger partial charge in [-0.1, -0.05) is 30.3 Å². The van der Waals surface area contributed by atoms with E-state index < -0.39 is 0 Å². The van der Waals surface area contributed by atoms with Gasteiger partial charge in [-0.05, 0) is 18.7 Å². The Morgan fingerprint density at radius 3 is 2.68 bits per heavy atom. The molecule has 19 heavy (non-hydrogen) atoms. The van der Waals surface area contributed by atoms with Crippen LogP contribution >= 0.6 is 11.3 Å². The second-order valence-corrected chi connectivity index (χ2v) is 5.20. The third kappa shape index (κ3) is 2.45. The molecule has 3 aromatic rings. The summed E-state index contributed by atoms with van der Waals surface area (Å²) in [5.74, 6) is 0. The van der Waals surface area contributed by atoms with Gasteiger partial charge in [0.1, 0.15) is 11.3 Å². The zero-order valence-electron chi connectivity index (χ0n) is 10.6. The minimum absolute atomic E-state index is 0.762. The predicted octanol–water partition coefficient (Wildman–Crippen LogP) is 3.79. The summed E-state index contributed by atoms with van der Waals surface area (Å²) in [5, 5.41) is 4.17. The van der Waals surface area contributed by atoms with E-state index >= 15 is 0 Å². The van der Waals surface area contributed by atoms with Crippen LogP contribution in [0.4, 0.5) is 0 Å². The molecular formula is C15H14N2OS. The number of nitrogens with one attached hydrogen (secondary N) is 1. The highest BCUT2D eigenvalue weighted by molar-refractivity contribution is 7.18. The molecule has 0 amide bonds. The predicted molar refractivity (Wildman–Crippen MR) is 78.0 cm³/mol. The van der Waals surface area contributed by atoms with E-state index in [0.29, 0.717) is 0 Å². The summed E-state index contributed by atoms with van der Waals surface area (Å²) in [5.41, 5.74) is 3.32. The Bertz CT molecular complexity index is 644. The van der Waals surface area contributed by atoms with Gasteiger partial charge in [0.2, 0.25) is 0 Å². The van der Waals surface area contributed by atoms with Crippen LogP contribution < -0.4 is 5.32 Å². The van der Waals surface area contributed by atoms with Gasteiger partial charge in [-0.2, -0.15) is 0 Å². The molecule has 2 aromatic heterocycles. The van der Waals surface area contributed by atoms with E-state index in [9.17, 15) is 0 Å². The van der Waals surface area contributed by atoms with Gasteiger partial charge < -0.3 is 9.73 Å². The zero-order chi connectivity index (χ0) is 13.1. The Kier molecular flexibility index (Phi) is 3.44. The first-order valence-corrected chi connectivity index (χ1v) is 6.92. The first-order chi connectivity index (χ1) is 9.38. The summed E-state index contributed by atoms with van der Waals surface area (Å²) in [4.78, 5) is 5.93. The lowest BCUT2D eigenvalue weighted by Gasteiger charge is -2.00. The van der Waals surface area contributed by atoms with Crippen LogP contribution in [-0.2, 0) is 6.54 Å². The second kappa shape index (κ2) is 5.38. The monoisotopic (exact) mass is 270 g/mol. The molecule has 0 spiro atoms. The first-order valence-electron chi connectivity index (χ1n) is 6.11. The largest absolute Gasteiger partial charge is 0.472 e. The SMILES string of the molecule is CNCc1nc(-c2ccoc2)sc1-c1ccccc1. The van der Waals surface area contributed by atoms with E-state index in [1.807, 2.05) is 19.2 Å². The lowest BCUT2D eigenvalue weighted by molar-refractivity contribution is 0.568. The molecule has 0 aliphatic heterocycles. The van der Waals surface area contributed by atoms with Crippen molar-refractivity contribution in [3.63, 3.8) is 0 Å². The highest BCUT2D eigenvalue weighted by Crippen LogP contribution is 2.35. The van der Waals surface area contributed by atoms with E-state index in [-0.39, 0.29) is 0 Å². The van der Waals surface area contributed by atoms with Gasteiger partial charge in [0.05, 0.1) is 16.8 Å². The van der Waals surface area contributed by atoms with Crippen molar-refractivity contribution in [3.8, 4) is 21.0 Å². The molecule has 3 rings (SSSR count). The molecule has 96 valence electrons. The van der Waals surface area contributed by atoms with Crippen LogP contribution in [-0.4, -0.2) is 12.0 Å². The standard InChI is InChI=1S/C15H14N2OS/c1-16-9-13-14(11-5-3-2-4-6-11)19-15(17-13)12-7-8-18-10-12/h2-8,10,16H,9H2,1H3. The fourth-order valence-electron chi connectivity index (χ4n) is 1.96. The third-order valence-corrected chi connectivity index (χ3v) is 4.04. The van der Waals surface area contributed by atoms with E-state index in [0.717, 1.165) is 22.8 Å². The summed E-state index contributed by atoms with van der Waals surface area (Å²) < 4.78 is 5.13. The van der Waals surface area contributed by atoms with Crippen molar-refractivity contribution in [1.82, 2.24) is 10.3 Å². The van der Waals surface area contributed by atoms with Gasteiger partial charge in [-0.25, -0.2) is 4.98 Å². The van der Waals surface area contributed by atoms with Gasteiger partial charge >= 0.3 is 0 Å². The summed E-state index contributed by atoms with van der Waals surface area (Å²) in [6, 6.07) is 12.3. The van der Waals surface area contributed by atoms with Gasteiger partial charge in [0.15, 0.2) is 0 Å². The molecule has 0 bridgehead atoms. The van der Waals surface area contributed by atoms with Crippen LogP contribution in [0.5, 0.6) is 0 Å². The van der Waals surface area contributed by atoms with Crippen molar-refractivity contribution in [3.05, 3.63) is 54.6 Å². The van der Waals surface area contributed by atoms with Gasteiger partial charge in [-0.3, -0.25) is 0 Å². The maximum absolute atomic E-state index is 5.13. The van der Waals surface area contributed by atoms with E-state index in [1.165, 1.54) is 10.4 Å². The number of rotatable bonds is 4.